The third-order valence-electron chi connectivity index (χ3n) is 7.14. The Morgan fingerprint density at radius 3 is 2.71 bits per heavy atom. The fourth-order valence-electron chi connectivity index (χ4n) is 4.61. The minimum atomic E-state index is -0.305. The predicted octanol–water partition coefficient (Wildman–Crippen LogP) is 3.19. The van der Waals surface area contributed by atoms with Crippen LogP contribution >= 0.6 is 0 Å². The quantitative estimate of drug-likeness (QED) is 0.744. The molecular weight excluding hydrogens is 352 g/mol. The Morgan fingerprint density at radius 1 is 1.32 bits per heavy atom. The molecule has 1 aromatic heterocycles. The van der Waals surface area contributed by atoms with Crippen molar-refractivity contribution >= 4 is 11.8 Å². The Labute approximate surface area is 169 Å². The van der Waals surface area contributed by atoms with Crippen LogP contribution in [0.5, 0.6) is 0 Å². The molecule has 1 aliphatic carbocycles. The lowest BCUT2D eigenvalue weighted by atomic mass is 9.96. The van der Waals surface area contributed by atoms with E-state index in [0.29, 0.717) is 19.0 Å². The number of rotatable bonds is 8. The number of hydrogen-bond acceptors (Lipinski definition) is 3. The maximum atomic E-state index is 12.9. The molecule has 1 N–H and O–H groups in total. The Bertz CT molecular complexity index is 713. The average Bonchev–Trinajstić information content (AvgIpc) is 3.05. The van der Waals surface area contributed by atoms with Crippen molar-refractivity contribution in [2.75, 3.05) is 13.1 Å². The van der Waals surface area contributed by atoms with Crippen molar-refractivity contribution in [3.8, 4) is 0 Å². The summed E-state index contributed by atoms with van der Waals surface area (Å²) in [4.78, 5) is 27.5. The van der Waals surface area contributed by atoms with Gasteiger partial charge in [-0.15, -0.1) is 0 Å². The van der Waals surface area contributed by atoms with Crippen LogP contribution in [-0.2, 0) is 16.1 Å². The SMILES string of the molecule is CCn1nccc1C1CC1(CC)CNC(=O)C1CCCN1C(=O)C(C)C(C)C. The van der Waals surface area contributed by atoms with Crippen molar-refractivity contribution in [3.05, 3.63) is 18.0 Å². The first-order valence-electron chi connectivity index (χ1n) is 10.9. The molecule has 1 aliphatic heterocycles. The van der Waals surface area contributed by atoms with Gasteiger partial charge in [0.15, 0.2) is 0 Å². The molecule has 0 spiro atoms. The highest BCUT2D eigenvalue weighted by Crippen LogP contribution is 2.61. The third-order valence-corrected chi connectivity index (χ3v) is 7.14. The first kappa shape index (κ1) is 20.9. The van der Waals surface area contributed by atoms with E-state index in [0.717, 1.165) is 32.2 Å². The van der Waals surface area contributed by atoms with Crippen molar-refractivity contribution < 1.29 is 9.59 Å². The largest absolute Gasteiger partial charge is 0.354 e. The summed E-state index contributed by atoms with van der Waals surface area (Å²) in [5, 5.41) is 7.60. The lowest BCUT2D eigenvalue weighted by Crippen LogP contribution is -2.49. The van der Waals surface area contributed by atoms with E-state index in [9.17, 15) is 9.59 Å². The van der Waals surface area contributed by atoms with Gasteiger partial charge < -0.3 is 10.2 Å². The van der Waals surface area contributed by atoms with E-state index >= 15 is 0 Å². The Morgan fingerprint density at radius 2 is 2.07 bits per heavy atom. The molecule has 0 bridgehead atoms. The zero-order chi connectivity index (χ0) is 20.5. The molecule has 28 heavy (non-hydrogen) atoms. The topological polar surface area (TPSA) is 67.2 Å². The van der Waals surface area contributed by atoms with Crippen LogP contribution in [0.3, 0.4) is 0 Å². The zero-order valence-electron chi connectivity index (χ0n) is 18.1. The number of nitrogens with one attached hydrogen (secondary N) is 1. The van der Waals surface area contributed by atoms with Crippen LogP contribution in [-0.4, -0.2) is 45.6 Å². The standard InChI is InChI=1S/C22H36N4O2/c1-6-22(13-17(22)18-10-11-24-26(18)7-2)14-23-20(27)19-9-8-12-25(19)21(28)16(5)15(3)4/h10-11,15-17,19H,6-9,12-14H2,1-5H3,(H,23,27). The van der Waals surface area contributed by atoms with E-state index in [2.05, 4.69) is 48.9 Å². The van der Waals surface area contributed by atoms with Gasteiger partial charge in [0.05, 0.1) is 0 Å². The van der Waals surface area contributed by atoms with Crippen LogP contribution in [0.2, 0.25) is 0 Å². The van der Waals surface area contributed by atoms with Gasteiger partial charge in [0, 0.05) is 43.4 Å². The zero-order valence-corrected chi connectivity index (χ0v) is 18.1. The highest BCUT2D eigenvalue weighted by molar-refractivity contribution is 5.89. The van der Waals surface area contributed by atoms with Gasteiger partial charge in [0.2, 0.25) is 11.8 Å². The van der Waals surface area contributed by atoms with Crippen LogP contribution in [0.4, 0.5) is 0 Å². The molecule has 2 amide bonds. The maximum Gasteiger partial charge on any atom is 0.242 e. The number of aromatic nitrogens is 2. The number of nitrogens with zero attached hydrogens (tertiary/aromatic N) is 3. The molecule has 1 saturated heterocycles. The minimum absolute atomic E-state index is 0.0179. The molecule has 0 radical (unpaired) electrons. The lowest BCUT2D eigenvalue weighted by molar-refractivity contribution is -0.142. The Hall–Kier alpha value is -1.85. The van der Waals surface area contributed by atoms with Crippen LogP contribution in [0.1, 0.15) is 71.9 Å². The van der Waals surface area contributed by atoms with Gasteiger partial charge >= 0.3 is 0 Å². The molecule has 0 aromatic carbocycles. The molecule has 1 aromatic rings. The van der Waals surface area contributed by atoms with Crippen LogP contribution < -0.4 is 5.32 Å². The van der Waals surface area contributed by atoms with Gasteiger partial charge in [0.25, 0.3) is 0 Å². The van der Waals surface area contributed by atoms with Crippen molar-refractivity contribution in [2.45, 2.75) is 78.8 Å². The second kappa shape index (κ2) is 8.26. The number of amides is 2. The minimum Gasteiger partial charge on any atom is -0.354 e. The molecule has 6 nitrogen and oxygen atoms in total. The predicted molar refractivity (Wildman–Crippen MR) is 110 cm³/mol. The van der Waals surface area contributed by atoms with Crippen molar-refractivity contribution in [1.29, 1.82) is 0 Å². The highest BCUT2D eigenvalue weighted by atomic mass is 16.2. The number of carbonyl (C=O) groups is 2. The summed E-state index contributed by atoms with van der Waals surface area (Å²) in [5.74, 6) is 0.842. The van der Waals surface area contributed by atoms with Gasteiger partial charge in [-0.25, -0.2) is 0 Å². The van der Waals surface area contributed by atoms with Crippen LogP contribution in [0, 0.1) is 17.3 Å². The summed E-state index contributed by atoms with van der Waals surface area (Å²) in [6.07, 6.45) is 5.67. The number of likely N-dealkylation sites (tertiary alicyclic amines) is 1. The van der Waals surface area contributed by atoms with Gasteiger partial charge in [0.1, 0.15) is 6.04 Å². The summed E-state index contributed by atoms with van der Waals surface area (Å²) in [5.41, 5.74) is 1.41. The first-order valence-corrected chi connectivity index (χ1v) is 10.9. The molecule has 6 heteroatoms. The second-order valence-electron chi connectivity index (χ2n) is 8.98. The van der Waals surface area contributed by atoms with E-state index in [1.807, 2.05) is 18.0 Å². The summed E-state index contributed by atoms with van der Waals surface area (Å²) in [6, 6.07) is 1.80. The fourth-order valence-corrected chi connectivity index (χ4v) is 4.61. The van der Waals surface area contributed by atoms with E-state index in [4.69, 9.17) is 0 Å². The second-order valence-corrected chi connectivity index (χ2v) is 8.98. The van der Waals surface area contributed by atoms with Crippen molar-refractivity contribution in [1.82, 2.24) is 20.0 Å². The van der Waals surface area contributed by atoms with Crippen molar-refractivity contribution in [3.63, 3.8) is 0 Å². The number of aryl methyl sites for hydroxylation is 1. The average molecular weight is 389 g/mol. The van der Waals surface area contributed by atoms with E-state index in [-0.39, 0.29) is 35.1 Å². The smallest absolute Gasteiger partial charge is 0.242 e. The molecule has 1 saturated carbocycles. The third kappa shape index (κ3) is 3.83. The van der Waals surface area contributed by atoms with E-state index < -0.39 is 0 Å². The molecule has 4 unspecified atom stereocenters. The number of hydrogen-bond donors (Lipinski definition) is 1. The monoisotopic (exact) mass is 388 g/mol. The fraction of sp³-hybridized carbons (Fsp3) is 0.773. The molecule has 4 atom stereocenters. The Kier molecular flexibility index (Phi) is 6.15. The summed E-state index contributed by atoms with van der Waals surface area (Å²) in [7, 11) is 0. The normalized spacial score (nSPS) is 27.9. The summed E-state index contributed by atoms with van der Waals surface area (Å²) >= 11 is 0. The molecule has 2 heterocycles. The van der Waals surface area contributed by atoms with Gasteiger partial charge in [-0.1, -0.05) is 27.7 Å². The summed E-state index contributed by atoms with van der Waals surface area (Å²) in [6.45, 7) is 12.7. The van der Waals surface area contributed by atoms with Crippen LogP contribution in [0.15, 0.2) is 12.3 Å². The van der Waals surface area contributed by atoms with Crippen molar-refractivity contribution in [2.24, 2.45) is 17.3 Å². The lowest BCUT2D eigenvalue weighted by Gasteiger charge is -2.29. The van der Waals surface area contributed by atoms with E-state index in [1.165, 1.54) is 5.69 Å². The first-order chi connectivity index (χ1) is 13.3. The van der Waals surface area contributed by atoms with E-state index in [1.54, 1.807) is 0 Å². The van der Waals surface area contributed by atoms with Gasteiger partial charge in [-0.3, -0.25) is 14.3 Å². The number of carbonyl (C=O) groups excluding carboxylic acids is 2. The molecule has 3 rings (SSSR count). The highest BCUT2D eigenvalue weighted by Gasteiger charge is 2.54. The molecular formula is C22H36N4O2. The summed E-state index contributed by atoms with van der Waals surface area (Å²) < 4.78 is 2.06. The molecule has 2 aliphatic rings. The van der Waals surface area contributed by atoms with Gasteiger partial charge in [-0.2, -0.15) is 5.10 Å². The Balaban J connectivity index is 1.61. The van der Waals surface area contributed by atoms with Gasteiger partial charge in [-0.05, 0) is 50.0 Å². The maximum absolute atomic E-state index is 12.9. The molecule has 2 fully saturated rings. The molecule has 156 valence electrons. The van der Waals surface area contributed by atoms with Crippen LogP contribution in [0.25, 0.3) is 0 Å².